The maximum Gasteiger partial charge on any atom is 0.412 e. The normalized spacial score (nSPS) is 16.8. The van der Waals surface area contributed by atoms with Crippen LogP contribution in [-0.2, 0) is 6.54 Å². The van der Waals surface area contributed by atoms with Crippen LogP contribution in [0.1, 0.15) is 57.1 Å². The van der Waals surface area contributed by atoms with Crippen LogP contribution in [0.5, 0.6) is 11.5 Å². The molecule has 0 saturated heterocycles. The number of rotatable bonds is 7. The van der Waals surface area contributed by atoms with Crippen molar-refractivity contribution in [3.05, 3.63) is 41.4 Å². The highest BCUT2D eigenvalue weighted by Gasteiger charge is 2.24. The zero-order chi connectivity index (χ0) is 23.5. The minimum Gasteiger partial charge on any atom is -0.497 e. The van der Waals surface area contributed by atoms with E-state index in [0.717, 1.165) is 52.8 Å². The molecule has 34 heavy (non-hydrogen) atoms. The number of aromatic nitrogens is 2. The molecule has 5 rings (SSSR count). The number of benzene rings is 1. The highest BCUT2D eigenvalue weighted by Crippen LogP contribution is 2.36. The minimum absolute atomic E-state index is 0.252. The summed E-state index contributed by atoms with van der Waals surface area (Å²) >= 11 is 1.63. The van der Waals surface area contributed by atoms with Gasteiger partial charge in [-0.25, -0.2) is 9.78 Å². The van der Waals surface area contributed by atoms with Crippen LogP contribution in [0, 0.1) is 12.8 Å². The van der Waals surface area contributed by atoms with E-state index in [4.69, 9.17) is 14.5 Å². The molecule has 6 nitrogen and oxygen atoms in total. The summed E-state index contributed by atoms with van der Waals surface area (Å²) in [6.07, 6.45) is 9.33. The topological polar surface area (TPSA) is 65.4 Å². The zero-order valence-corrected chi connectivity index (χ0v) is 20.8. The lowest BCUT2D eigenvalue weighted by Gasteiger charge is -2.25. The van der Waals surface area contributed by atoms with Gasteiger partial charge in [-0.3, -0.25) is 0 Å². The third-order valence-electron chi connectivity index (χ3n) is 7.22. The van der Waals surface area contributed by atoms with Crippen molar-refractivity contribution >= 4 is 17.4 Å². The average Bonchev–Trinajstić information content (AvgIpc) is 3.43. The molecule has 1 aromatic carbocycles. The Bertz CT molecular complexity index is 1120. The summed E-state index contributed by atoms with van der Waals surface area (Å²) in [5.41, 5.74) is 3.99. The van der Waals surface area contributed by atoms with Gasteiger partial charge in [0, 0.05) is 29.6 Å². The molecule has 3 aromatic rings. The van der Waals surface area contributed by atoms with Crippen molar-refractivity contribution < 1.29 is 14.3 Å². The Morgan fingerprint density at radius 2 is 1.88 bits per heavy atom. The van der Waals surface area contributed by atoms with Gasteiger partial charge in [-0.2, -0.15) is 0 Å². The van der Waals surface area contributed by atoms with E-state index < -0.39 is 0 Å². The molecular weight excluding hydrogens is 446 g/mol. The van der Waals surface area contributed by atoms with E-state index in [1.54, 1.807) is 18.4 Å². The van der Waals surface area contributed by atoms with E-state index in [0.29, 0.717) is 11.7 Å². The predicted molar refractivity (Wildman–Crippen MR) is 136 cm³/mol. The van der Waals surface area contributed by atoms with Gasteiger partial charge in [-0.15, -0.1) is 11.3 Å². The van der Waals surface area contributed by atoms with Crippen LogP contribution in [-0.4, -0.2) is 28.8 Å². The van der Waals surface area contributed by atoms with Crippen LogP contribution in [0.15, 0.2) is 35.7 Å². The Morgan fingerprint density at radius 1 is 1.12 bits per heavy atom. The van der Waals surface area contributed by atoms with Crippen molar-refractivity contribution in [2.45, 2.75) is 70.9 Å². The van der Waals surface area contributed by atoms with Crippen LogP contribution in [0.2, 0.25) is 0 Å². The first-order valence-electron chi connectivity index (χ1n) is 12.4. The molecule has 2 aromatic heterocycles. The van der Waals surface area contributed by atoms with Gasteiger partial charge >= 0.3 is 6.09 Å². The first-order valence-corrected chi connectivity index (χ1v) is 13.3. The van der Waals surface area contributed by atoms with Crippen molar-refractivity contribution in [2.24, 2.45) is 5.92 Å². The summed E-state index contributed by atoms with van der Waals surface area (Å²) in [4.78, 5) is 17.5. The van der Waals surface area contributed by atoms with E-state index in [-0.39, 0.29) is 12.1 Å². The number of ether oxygens (including phenoxy) is 2. The number of nitrogens with one attached hydrogen (secondary N) is 1. The summed E-state index contributed by atoms with van der Waals surface area (Å²) in [5.74, 6) is 2.11. The second-order valence-electron chi connectivity index (χ2n) is 9.52. The Kier molecular flexibility index (Phi) is 6.90. The van der Waals surface area contributed by atoms with Gasteiger partial charge in [-0.1, -0.05) is 19.3 Å². The van der Waals surface area contributed by atoms with Gasteiger partial charge < -0.3 is 19.4 Å². The summed E-state index contributed by atoms with van der Waals surface area (Å²) in [7, 11) is 1.67. The van der Waals surface area contributed by atoms with Gasteiger partial charge in [0.1, 0.15) is 10.8 Å². The van der Waals surface area contributed by atoms with E-state index >= 15 is 0 Å². The molecule has 2 fully saturated rings. The lowest BCUT2D eigenvalue weighted by atomic mass is 9.89. The van der Waals surface area contributed by atoms with Crippen LogP contribution in [0.4, 0.5) is 4.79 Å². The molecule has 0 bridgehead atoms. The molecule has 0 radical (unpaired) electrons. The van der Waals surface area contributed by atoms with E-state index in [1.807, 2.05) is 30.3 Å². The minimum atomic E-state index is -0.355. The van der Waals surface area contributed by atoms with Crippen molar-refractivity contribution in [3.63, 3.8) is 0 Å². The van der Waals surface area contributed by atoms with E-state index in [2.05, 4.69) is 22.2 Å². The third-order valence-corrected chi connectivity index (χ3v) is 8.11. The van der Waals surface area contributed by atoms with E-state index in [9.17, 15) is 4.79 Å². The molecule has 0 spiro atoms. The molecule has 0 atom stereocenters. The standard InChI is InChI=1S/C27H33N3O3S/c1-18-25(33-27(31)28-21-9-6-10-21)15-24(30(18)16-19-7-4-3-5-8-19)23-17-34-26(29-23)20-11-13-22(32-2)14-12-20/h11-15,17,19,21H,3-10,16H2,1-2H3,(H,28,31). The Balaban J connectivity index is 1.43. The fraction of sp³-hybridized carbons (Fsp3) is 0.481. The number of amides is 1. The van der Waals surface area contributed by atoms with Gasteiger partial charge in [0.2, 0.25) is 0 Å². The molecule has 0 unspecified atom stereocenters. The smallest absolute Gasteiger partial charge is 0.412 e. The SMILES string of the molecule is COc1ccc(-c2nc(-c3cc(OC(=O)NC4CCC4)c(C)n3CC3CCCCC3)cs2)cc1. The maximum absolute atomic E-state index is 12.5. The van der Waals surface area contributed by atoms with Crippen molar-refractivity contribution in [2.75, 3.05) is 7.11 Å². The Hall–Kier alpha value is -2.80. The number of carbonyl (C=O) groups excluding carboxylic acids is 1. The summed E-state index contributed by atoms with van der Waals surface area (Å²) < 4.78 is 13.4. The van der Waals surface area contributed by atoms with Crippen molar-refractivity contribution in [1.82, 2.24) is 14.9 Å². The number of nitrogens with zero attached hydrogens (tertiary/aromatic N) is 2. The van der Waals surface area contributed by atoms with Crippen LogP contribution in [0.25, 0.3) is 22.0 Å². The molecule has 2 saturated carbocycles. The Labute approximate surface area is 205 Å². The van der Waals surface area contributed by atoms with Gasteiger partial charge in [0.15, 0.2) is 5.75 Å². The number of carbonyl (C=O) groups is 1. The quantitative estimate of drug-likeness (QED) is 0.404. The number of hydrogen-bond acceptors (Lipinski definition) is 5. The van der Waals surface area contributed by atoms with Crippen molar-refractivity contribution in [1.29, 1.82) is 0 Å². The summed E-state index contributed by atoms with van der Waals surface area (Å²) in [6, 6.07) is 10.2. The molecule has 0 aliphatic heterocycles. The molecule has 2 aliphatic rings. The maximum atomic E-state index is 12.5. The lowest BCUT2D eigenvalue weighted by Crippen LogP contribution is -2.41. The largest absolute Gasteiger partial charge is 0.497 e. The number of hydrogen-bond donors (Lipinski definition) is 1. The lowest BCUT2D eigenvalue weighted by molar-refractivity contribution is 0.187. The highest BCUT2D eigenvalue weighted by atomic mass is 32.1. The molecule has 1 N–H and O–H groups in total. The van der Waals surface area contributed by atoms with Crippen LogP contribution in [0.3, 0.4) is 0 Å². The highest BCUT2D eigenvalue weighted by molar-refractivity contribution is 7.13. The molecule has 180 valence electrons. The number of methoxy groups -OCH3 is 1. The second kappa shape index (κ2) is 10.2. The molecule has 1 amide bonds. The average molecular weight is 480 g/mol. The van der Waals surface area contributed by atoms with Crippen LogP contribution >= 0.6 is 11.3 Å². The third kappa shape index (κ3) is 4.99. The molecule has 2 aliphatic carbocycles. The number of thiazole rings is 1. The Morgan fingerprint density at radius 3 is 2.56 bits per heavy atom. The van der Waals surface area contributed by atoms with Gasteiger partial charge in [0.25, 0.3) is 0 Å². The predicted octanol–water partition coefficient (Wildman–Crippen LogP) is 6.82. The van der Waals surface area contributed by atoms with Crippen molar-refractivity contribution in [3.8, 4) is 33.5 Å². The van der Waals surface area contributed by atoms with Gasteiger partial charge in [-0.05, 0) is 69.2 Å². The second-order valence-corrected chi connectivity index (χ2v) is 10.4. The summed E-state index contributed by atoms with van der Waals surface area (Å²) in [5, 5.41) is 6.05. The molecular formula is C27H33N3O3S. The summed E-state index contributed by atoms with van der Waals surface area (Å²) in [6.45, 7) is 2.99. The molecule has 2 heterocycles. The fourth-order valence-electron chi connectivity index (χ4n) is 4.91. The first-order chi connectivity index (χ1) is 16.6. The molecule has 7 heteroatoms. The van der Waals surface area contributed by atoms with Gasteiger partial charge in [0.05, 0.1) is 24.2 Å². The van der Waals surface area contributed by atoms with Crippen LogP contribution < -0.4 is 14.8 Å². The monoisotopic (exact) mass is 479 g/mol. The van der Waals surface area contributed by atoms with E-state index in [1.165, 1.54) is 38.5 Å². The first kappa shape index (κ1) is 23.0. The fourth-order valence-corrected chi connectivity index (χ4v) is 5.73. The zero-order valence-electron chi connectivity index (χ0n) is 20.0.